The largest absolute Gasteiger partial charge is 0.396 e. The lowest BCUT2D eigenvalue weighted by molar-refractivity contribution is 0.134. The topological polar surface area (TPSA) is 70.6 Å². The van der Waals surface area contributed by atoms with E-state index < -0.39 is 0 Å². The number of carbonyl (C=O) groups is 1. The summed E-state index contributed by atoms with van der Waals surface area (Å²) < 4.78 is 5.38. The quantitative estimate of drug-likeness (QED) is 0.685. The van der Waals surface area contributed by atoms with Gasteiger partial charge in [-0.05, 0) is 32.8 Å². The van der Waals surface area contributed by atoms with Crippen molar-refractivity contribution >= 4 is 11.7 Å². The number of aliphatic hydroxyl groups excluding tert-OH is 1. The Bertz CT molecular complexity index is 410. The van der Waals surface area contributed by atoms with Gasteiger partial charge in [-0.2, -0.15) is 0 Å². The molecule has 3 N–H and O–H groups in total. The molecule has 20 heavy (non-hydrogen) atoms. The lowest BCUT2D eigenvalue weighted by Gasteiger charge is -2.15. The molecule has 1 atom stereocenters. The molecule has 5 heteroatoms. The number of aliphatic hydroxyl groups is 1. The van der Waals surface area contributed by atoms with E-state index in [4.69, 9.17) is 9.84 Å². The van der Waals surface area contributed by atoms with Gasteiger partial charge in [-0.15, -0.1) is 0 Å². The molecule has 0 aliphatic heterocycles. The van der Waals surface area contributed by atoms with Crippen molar-refractivity contribution < 1.29 is 14.6 Å². The van der Waals surface area contributed by atoms with E-state index in [-0.39, 0.29) is 18.7 Å². The lowest BCUT2D eigenvalue weighted by atomic mass is 10.2. The Labute approximate surface area is 120 Å². The lowest BCUT2D eigenvalue weighted by Crippen LogP contribution is -2.36. The highest BCUT2D eigenvalue weighted by Crippen LogP contribution is 2.16. The van der Waals surface area contributed by atoms with E-state index >= 15 is 0 Å². The number of rotatable bonds is 8. The summed E-state index contributed by atoms with van der Waals surface area (Å²) in [4.78, 5) is 11.9. The first kappa shape index (κ1) is 16.5. The average Bonchev–Trinajstić information content (AvgIpc) is 2.44. The molecule has 1 rings (SSSR count). The van der Waals surface area contributed by atoms with E-state index in [2.05, 4.69) is 10.6 Å². The van der Waals surface area contributed by atoms with E-state index in [1.54, 1.807) is 0 Å². The summed E-state index contributed by atoms with van der Waals surface area (Å²) in [7, 11) is 0. The fourth-order valence-electron chi connectivity index (χ4n) is 1.83. The Hall–Kier alpha value is -1.59. The highest BCUT2D eigenvalue weighted by molar-refractivity contribution is 5.90. The number of amides is 2. The van der Waals surface area contributed by atoms with E-state index in [0.717, 1.165) is 17.7 Å². The molecule has 5 nitrogen and oxygen atoms in total. The van der Waals surface area contributed by atoms with Crippen molar-refractivity contribution in [1.29, 1.82) is 0 Å². The van der Waals surface area contributed by atoms with Crippen molar-refractivity contribution in [2.45, 2.75) is 39.3 Å². The van der Waals surface area contributed by atoms with Crippen LogP contribution in [0.25, 0.3) is 0 Å². The maximum Gasteiger partial charge on any atom is 0.319 e. The van der Waals surface area contributed by atoms with Crippen LogP contribution in [0.15, 0.2) is 24.3 Å². The summed E-state index contributed by atoms with van der Waals surface area (Å²) in [6, 6.07) is 7.37. The molecular formula is C15H24N2O3. The molecule has 112 valence electrons. The molecule has 1 unspecified atom stereocenters. The molecule has 0 radical (unpaired) electrons. The molecule has 0 spiro atoms. The third kappa shape index (κ3) is 6.04. The summed E-state index contributed by atoms with van der Waals surface area (Å²) in [6.07, 6.45) is 1.44. The van der Waals surface area contributed by atoms with Crippen LogP contribution in [0.1, 0.15) is 32.3 Å². The minimum atomic E-state index is -0.237. The van der Waals surface area contributed by atoms with Gasteiger partial charge in [0.25, 0.3) is 0 Å². The Morgan fingerprint density at radius 1 is 1.40 bits per heavy atom. The van der Waals surface area contributed by atoms with Gasteiger partial charge in [-0.1, -0.05) is 18.2 Å². The molecule has 0 aliphatic rings. The van der Waals surface area contributed by atoms with Crippen molar-refractivity contribution in [1.82, 2.24) is 5.32 Å². The van der Waals surface area contributed by atoms with Gasteiger partial charge in [0, 0.05) is 30.5 Å². The number of hydrogen-bond donors (Lipinski definition) is 3. The molecule has 0 bridgehead atoms. The third-order valence-electron chi connectivity index (χ3n) is 2.90. The highest BCUT2D eigenvalue weighted by Gasteiger charge is 2.09. The van der Waals surface area contributed by atoms with Gasteiger partial charge in [0.1, 0.15) is 0 Å². The third-order valence-corrected chi connectivity index (χ3v) is 2.90. The van der Waals surface area contributed by atoms with Crippen LogP contribution < -0.4 is 10.6 Å². The maximum atomic E-state index is 11.9. The first-order chi connectivity index (χ1) is 9.67. The van der Waals surface area contributed by atoms with Crippen LogP contribution in [-0.2, 0) is 11.3 Å². The fraction of sp³-hybridized carbons (Fsp3) is 0.533. The maximum absolute atomic E-state index is 11.9. The van der Waals surface area contributed by atoms with Crippen LogP contribution in [0.4, 0.5) is 10.5 Å². The molecule has 0 saturated carbocycles. The first-order valence-electron chi connectivity index (χ1n) is 7.01. The normalized spacial score (nSPS) is 11.9. The number of hydrogen-bond acceptors (Lipinski definition) is 3. The van der Waals surface area contributed by atoms with Gasteiger partial charge >= 0.3 is 6.03 Å². The van der Waals surface area contributed by atoms with E-state index in [1.165, 1.54) is 0 Å². The molecule has 0 fully saturated rings. The van der Waals surface area contributed by atoms with Gasteiger partial charge in [0.2, 0.25) is 0 Å². The Morgan fingerprint density at radius 3 is 2.85 bits per heavy atom. The zero-order valence-corrected chi connectivity index (χ0v) is 12.2. The summed E-state index contributed by atoms with van der Waals surface area (Å²) in [5.74, 6) is 0. The number of para-hydroxylation sites is 1. The van der Waals surface area contributed by atoms with Gasteiger partial charge in [-0.3, -0.25) is 0 Å². The van der Waals surface area contributed by atoms with Crippen LogP contribution in [0.2, 0.25) is 0 Å². The van der Waals surface area contributed by atoms with Gasteiger partial charge in [0.05, 0.1) is 6.61 Å². The second kappa shape index (κ2) is 9.34. The Morgan fingerprint density at radius 2 is 2.15 bits per heavy atom. The average molecular weight is 280 g/mol. The summed E-state index contributed by atoms with van der Waals surface area (Å²) in [6.45, 7) is 5.11. The molecular weight excluding hydrogens is 256 g/mol. The molecule has 0 aromatic heterocycles. The predicted molar refractivity (Wildman–Crippen MR) is 79.7 cm³/mol. The van der Waals surface area contributed by atoms with Crippen LogP contribution in [-0.4, -0.2) is 30.4 Å². The number of ether oxygens (including phenoxy) is 1. The smallest absolute Gasteiger partial charge is 0.319 e. The highest BCUT2D eigenvalue weighted by atomic mass is 16.5. The monoisotopic (exact) mass is 280 g/mol. The van der Waals surface area contributed by atoms with Gasteiger partial charge < -0.3 is 20.5 Å². The number of benzene rings is 1. The van der Waals surface area contributed by atoms with E-state index in [1.807, 2.05) is 38.1 Å². The van der Waals surface area contributed by atoms with E-state index in [0.29, 0.717) is 19.6 Å². The standard InChI is InChI=1S/C15H24N2O3/c1-3-20-11-13-8-4-5-9-14(13)17-15(19)16-12(2)7-6-10-18/h4-5,8-9,12,18H,3,6-7,10-11H2,1-2H3,(H2,16,17,19). The number of urea groups is 1. The SMILES string of the molecule is CCOCc1ccccc1NC(=O)NC(C)CCCO. The Kier molecular flexibility index (Phi) is 7.69. The first-order valence-corrected chi connectivity index (χ1v) is 7.01. The van der Waals surface area contributed by atoms with Crippen LogP contribution in [0, 0.1) is 0 Å². The minimum absolute atomic E-state index is 0.0289. The zero-order valence-electron chi connectivity index (χ0n) is 12.2. The fourth-order valence-corrected chi connectivity index (χ4v) is 1.83. The summed E-state index contributed by atoms with van der Waals surface area (Å²) in [5.41, 5.74) is 1.71. The van der Waals surface area contributed by atoms with E-state index in [9.17, 15) is 4.79 Å². The number of nitrogens with one attached hydrogen (secondary N) is 2. The molecule has 1 aromatic carbocycles. The van der Waals surface area contributed by atoms with Crippen molar-refractivity contribution in [3.63, 3.8) is 0 Å². The number of carbonyl (C=O) groups excluding carboxylic acids is 1. The van der Waals surface area contributed by atoms with Crippen LogP contribution in [0.5, 0.6) is 0 Å². The summed E-state index contributed by atoms with van der Waals surface area (Å²) >= 11 is 0. The van der Waals surface area contributed by atoms with Crippen molar-refractivity contribution in [2.75, 3.05) is 18.5 Å². The molecule has 0 heterocycles. The van der Waals surface area contributed by atoms with Crippen molar-refractivity contribution in [3.8, 4) is 0 Å². The van der Waals surface area contributed by atoms with Crippen molar-refractivity contribution in [2.24, 2.45) is 0 Å². The van der Waals surface area contributed by atoms with Crippen LogP contribution >= 0.6 is 0 Å². The Balaban J connectivity index is 2.52. The molecule has 2 amide bonds. The molecule has 1 aromatic rings. The van der Waals surface area contributed by atoms with Crippen molar-refractivity contribution in [3.05, 3.63) is 29.8 Å². The zero-order chi connectivity index (χ0) is 14.8. The second-order valence-electron chi connectivity index (χ2n) is 4.66. The van der Waals surface area contributed by atoms with Gasteiger partial charge in [0.15, 0.2) is 0 Å². The van der Waals surface area contributed by atoms with Gasteiger partial charge in [-0.25, -0.2) is 4.79 Å². The van der Waals surface area contributed by atoms with Crippen LogP contribution in [0.3, 0.4) is 0 Å². The second-order valence-corrected chi connectivity index (χ2v) is 4.66. The predicted octanol–water partition coefficient (Wildman–Crippen LogP) is 2.51. The summed E-state index contributed by atoms with van der Waals surface area (Å²) in [5, 5.41) is 14.4. The minimum Gasteiger partial charge on any atom is -0.396 e. The molecule has 0 aliphatic carbocycles. The number of anilines is 1. The molecule has 0 saturated heterocycles.